The number of carbonyl (C=O) groups excluding carboxylic acids is 2. The monoisotopic (exact) mass is 281 g/mol. The molecule has 0 aromatic heterocycles. The third-order valence-electron chi connectivity index (χ3n) is 2.44. The molecule has 0 aliphatic carbocycles. The fourth-order valence-corrected chi connectivity index (χ4v) is 1.39. The Bertz CT molecular complexity index is 527. The van der Waals surface area contributed by atoms with Crippen molar-refractivity contribution in [2.24, 2.45) is 5.73 Å². The van der Waals surface area contributed by atoms with Gasteiger partial charge in [0.15, 0.2) is 0 Å². The molecule has 0 saturated heterocycles. The van der Waals surface area contributed by atoms with Gasteiger partial charge in [0, 0.05) is 6.92 Å². The Kier molecular flexibility index (Phi) is 5.22. The standard InChI is InChI=1S/C13H15NO6/c1-7(11(14)12(16)17)19-13(18)9-5-3-4-6-10(9)20-8(2)15/h3-7,11H,14H2,1-2H3,(H,16,17)/t7-,11?/m1/s1. The van der Waals surface area contributed by atoms with Crippen LogP contribution in [0.5, 0.6) is 5.75 Å². The second kappa shape index (κ2) is 6.67. The highest BCUT2D eigenvalue weighted by molar-refractivity contribution is 5.93. The van der Waals surface area contributed by atoms with E-state index in [0.717, 1.165) is 0 Å². The Morgan fingerprint density at radius 1 is 1.25 bits per heavy atom. The molecule has 1 rings (SSSR count). The molecule has 7 heteroatoms. The van der Waals surface area contributed by atoms with E-state index in [1.807, 2.05) is 0 Å². The predicted molar refractivity (Wildman–Crippen MR) is 68.2 cm³/mol. The topological polar surface area (TPSA) is 116 Å². The summed E-state index contributed by atoms with van der Waals surface area (Å²) in [4.78, 5) is 33.5. The van der Waals surface area contributed by atoms with E-state index in [9.17, 15) is 14.4 Å². The smallest absolute Gasteiger partial charge is 0.342 e. The fourth-order valence-electron chi connectivity index (χ4n) is 1.39. The van der Waals surface area contributed by atoms with Crippen molar-refractivity contribution in [2.75, 3.05) is 0 Å². The van der Waals surface area contributed by atoms with E-state index in [4.69, 9.17) is 20.3 Å². The molecule has 1 aromatic carbocycles. The number of benzene rings is 1. The van der Waals surface area contributed by atoms with Crippen molar-refractivity contribution in [1.82, 2.24) is 0 Å². The molecule has 7 nitrogen and oxygen atoms in total. The zero-order valence-corrected chi connectivity index (χ0v) is 11.0. The van der Waals surface area contributed by atoms with Gasteiger partial charge in [-0.3, -0.25) is 9.59 Å². The van der Waals surface area contributed by atoms with Gasteiger partial charge in [0.05, 0.1) is 0 Å². The van der Waals surface area contributed by atoms with E-state index in [0.29, 0.717) is 0 Å². The molecule has 0 fully saturated rings. The summed E-state index contributed by atoms with van der Waals surface area (Å²) in [5.41, 5.74) is 5.36. The third-order valence-corrected chi connectivity index (χ3v) is 2.44. The van der Waals surface area contributed by atoms with Crippen LogP contribution >= 0.6 is 0 Å². The summed E-state index contributed by atoms with van der Waals surface area (Å²) in [6.07, 6.45) is -1.02. The van der Waals surface area contributed by atoms with Crippen molar-refractivity contribution >= 4 is 17.9 Å². The van der Waals surface area contributed by atoms with Crippen molar-refractivity contribution in [3.8, 4) is 5.75 Å². The summed E-state index contributed by atoms with van der Waals surface area (Å²) < 4.78 is 9.81. The van der Waals surface area contributed by atoms with E-state index in [1.54, 1.807) is 12.1 Å². The van der Waals surface area contributed by atoms with Crippen LogP contribution in [0.4, 0.5) is 0 Å². The number of hydrogen-bond acceptors (Lipinski definition) is 6. The second-order valence-corrected chi connectivity index (χ2v) is 4.06. The maximum atomic E-state index is 11.9. The summed E-state index contributed by atoms with van der Waals surface area (Å²) in [5, 5.41) is 8.72. The van der Waals surface area contributed by atoms with Crippen molar-refractivity contribution in [1.29, 1.82) is 0 Å². The lowest BCUT2D eigenvalue weighted by atomic mass is 10.2. The summed E-state index contributed by atoms with van der Waals surface area (Å²) in [6.45, 7) is 2.57. The molecule has 3 N–H and O–H groups in total. The molecule has 0 bridgehead atoms. The second-order valence-electron chi connectivity index (χ2n) is 4.06. The summed E-state index contributed by atoms with van der Waals surface area (Å²) in [7, 11) is 0. The van der Waals surface area contributed by atoms with Gasteiger partial charge < -0.3 is 20.3 Å². The van der Waals surface area contributed by atoms with Crippen LogP contribution in [0.15, 0.2) is 24.3 Å². The molecule has 2 atom stereocenters. The van der Waals surface area contributed by atoms with E-state index in [-0.39, 0.29) is 11.3 Å². The van der Waals surface area contributed by atoms with Gasteiger partial charge in [-0.2, -0.15) is 0 Å². The third kappa shape index (κ3) is 4.06. The molecule has 108 valence electrons. The van der Waals surface area contributed by atoms with Crippen LogP contribution in [0.1, 0.15) is 24.2 Å². The number of esters is 2. The largest absolute Gasteiger partial charge is 0.480 e. The first-order valence-electron chi connectivity index (χ1n) is 5.79. The average Bonchev–Trinajstić information content (AvgIpc) is 2.37. The molecule has 0 saturated carbocycles. The van der Waals surface area contributed by atoms with E-state index in [2.05, 4.69) is 0 Å². The number of aliphatic carboxylic acids is 1. The number of para-hydroxylation sites is 1. The SMILES string of the molecule is CC(=O)Oc1ccccc1C(=O)O[C@H](C)C(N)C(=O)O. The molecule has 1 unspecified atom stereocenters. The number of carbonyl (C=O) groups is 3. The molecule has 0 aliphatic heterocycles. The van der Waals surface area contributed by atoms with Gasteiger partial charge in [-0.1, -0.05) is 12.1 Å². The van der Waals surface area contributed by atoms with Crippen LogP contribution in [-0.2, 0) is 14.3 Å². The van der Waals surface area contributed by atoms with Gasteiger partial charge in [0.25, 0.3) is 0 Å². The van der Waals surface area contributed by atoms with Gasteiger partial charge in [-0.15, -0.1) is 0 Å². The Balaban J connectivity index is 2.87. The zero-order chi connectivity index (χ0) is 15.3. The highest BCUT2D eigenvalue weighted by Gasteiger charge is 2.25. The van der Waals surface area contributed by atoms with Crippen LogP contribution in [-0.4, -0.2) is 35.2 Å². The maximum absolute atomic E-state index is 11.9. The molecule has 0 radical (unpaired) electrons. The minimum atomic E-state index is -1.33. The number of carboxylic acids is 1. The van der Waals surface area contributed by atoms with Crippen LogP contribution in [0.3, 0.4) is 0 Å². The van der Waals surface area contributed by atoms with Crippen LogP contribution in [0.25, 0.3) is 0 Å². The Morgan fingerprint density at radius 3 is 2.40 bits per heavy atom. The zero-order valence-electron chi connectivity index (χ0n) is 11.0. The van der Waals surface area contributed by atoms with Crippen molar-refractivity contribution in [2.45, 2.75) is 26.0 Å². The van der Waals surface area contributed by atoms with Gasteiger partial charge in [-0.05, 0) is 19.1 Å². The Morgan fingerprint density at radius 2 is 1.85 bits per heavy atom. The molecule has 1 aromatic rings. The first kappa shape index (κ1) is 15.6. The minimum Gasteiger partial charge on any atom is -0.480 e. The molecule has 20 heavy (non-hydrogen) atoms. The lowest BCUT2D eigenvalue weighted by Gasteiger charge is -2.17. The van der Waals surface area contributed by atoms with Crippen LogP contribution < -0.4 is 10.5 Å². The van der Waals surface area contributed by atoms with Gasteiger partial charge in [0.2, 0.25) is 0 Å². The molecule has 0 heterocycles. The Hall–Kier alpha value is -2.41. The summed E-state index contributed by atoms with van der Waals surface area (Å²) in [5.74, 6) is -2.63. The fraction of sp³-hybridized carbons (Fsp3) is 0.308. The maximum Gasteiger partial charge on any atom is 0.342 e. The molecule has 0 spiro atoms. The number of ether oxygens (including phenoxy) is 2. The average molecular weight is 281 g/mol. The van der Waals surface area contributed by atoms with Crippen LogP contribution in [0, 0.1) is 0 Å². The first-order chi connectivity index (χ1) is 9.32. The number of hydrogen-bond donors (Lipinski definition) is 2. The van der Waals surface area contributed by atoms with Crippen molar-refractivity contribution in [3.05, 3.63) is 29.8 Å². The van der Waals surface area contributed by atoms with Crippen molar-refractivity contribution < 1.29 is 29.0 Å². The highest BCUT2D eigenvalue weighted by atomic mass is 16.6. The summed E-state index contributed by atoms with van der Waals surface area (Å²) in [6, 6.07) is 4.64. The van der Waals surface area contributed by atoms with Crippen molar-refractivity contribution in [3.63, 3.8) is 0 Å². The quantitative estimate of drug-likeness (QED) is 0.598. The Labute approximate surface area is 115 Å². The lowest BCUT2D eigenvalue weighted by molar-refractivity contribution is -0.141. The summed E-state index contributed by atoms with van der Waals surface area (Å²) >= 11 is 0. The number of nitrogens with two attached hydrogens (primary N) is 1. The predicted octanol–water partition coefficient (Wildman–Crippen LogP) is 0.569. The molecule has 0 amide bonds. The lowest BCUT2D eigenvalue weighted by Crippen LogP contribution is -2.42. The molecular formula is C13H15NO6. The molecule has 0 aliphatic rings. The minimum absolute atomic E-state index is 0.0205. The first-order valence-corrected chi connectivity index (χ1v) is 5.79. The van der Waals surface area contributed by atoms with Gasteiger partial charge in [0.1, 0.15) is 23.5 Å². The van der Waals surface area contributed by atoms with Crippen LogP contribution in [0.2, 0.25) is 0 Å². The number of rotatable bonds is 5. The molecular weight excluding hydrogens is 266 g/mol. The van der Waals surface area contributed by atoms with E-state index >= 15 is 0 Å². The van der Waals surface area contributed by atoms with Gasteiger partial charge in [-0.25, -0.2) is 4.79 Å². The number of carboxylic acid groups (broad SMARTS) is 1. The normalized spacial score (nSPS) is 13.2. The highest BCUT2D eigenvalue weighted by Crippen LogP contribution is 2.20. The van der Waals surface area contributed by atoms with Gasteiger partial charge >= 0.3 is 17.9 Å². The van der Waals surface area contributed by atoms with E-state index < -0.39 is 30.1 Å². The van der Waals surface area contributed by atoms with E-state index in [1.165, 1.54) is 26.0 Å².